The lowest BCUT2D eigenvalue weighted by molar-refractivity contribution is -0.412. The van der Waals surface area contributed by atoms with Crippen molar-refractivity contribution in [3.8, 4) is 0 Å². The van der Waals surface area contributed by atoms with Crippen molar-refractivity contribution < 1.29 is 59.8 Å². The highest BCUT2D eigenvalue weighted by molar-refractivity contribution is 6.55. The average Bonchev–Trinajstić information content (AvgIpc) is 3.99. The Morgan fingerprint density at radius 2 is 0.957 bits per heavy atom. The summed E-state index contributed by atoms with van der Waals surface area (Å²) in [6.07, 6.45) is -2.71. The number of likely N-dealkylation sites (N-methyl/N-ethyl adjacent to an activating group) is 1. The minimum atomic E-state index is -1.69. The Labute approximate surface area is 402 Å². The highest BCUT2D eigenvalue weighted by Gasteiger charge is 2.66. The largest absolute Gasteiger partial charge is 0.394 e. The topological polar surface area (TPSA) is 207 Å². The van der Waals surface area contributed by atoms with Crippen molar-refractivity contribution in [3.63, 3.8) is 0 Å². The molecule has 9 aliphatic rings. The normalized spacial score (nSPS) is 32.5. The molecule has 9 aromatic rings. The van der Waals surface area contributed by atoms with E-state index < -0.39 is 72.6 Å². The standard InChI is InChI=1S/C42H31NO6.C12H23NO6.C2H6/c44-15-26-41(47)13-25(46)42(49-26,14-24(41)45)48-6-5-43-39-18-3-4-19-10-23-12-21-8-17-2-1-16-7-20-11-22(9-18)31-29(20)33-27(16)28(17)34-30(21)32(23)38(40(19)43)36(35(33)34)37(31)39;1-13(2)3-4-18-12-6-8(15)11(17,5-9(12)16)10(7-14)19-12;1-2/h1-2,7-10,24-26,44-47H,3-6,11-15H2;8-10,14-17H,3-7H2,1-2H3;1-2H3. The molecule has 10 unspecified atom stereocenters. The van der Waals surface area contributed by atoms with Crippen molar-refractivity contribution in [2.45, 2.75) is 131 Å². The molecule has 14 heteroatoms. The van der Waals surface area contributed by atoms with E-state index in [1.807, 2.05) is 32.8 Å². The van der Waals surface area contributed by atoms with Crippen LogP contribution in [-0.2, 0) is 51.2 Å². The number of ether oxygens (including phenoxy) is 4. The first-order valence-corrected chi connectivity index (χ1v) is 25.4. The van der Waals surface area contributed by atoms with E-state index in [-0.39, 0.29) is 32.3 Å². The molecule has 6 heterocycles. The number of benzene rings is 7. The maximum atomic E-state index is 11.2. The molecule has 0 spiro atoms. The number of nitrogens with zero attached hydrogens (tertiary/aromatic N) is 2. The fourth-order valence-corrected chi connectivity index (χ4v) is 15.0. The van der Waals surface area contributed by atoms with E-state index in [9.17, 15) is 40.9 Å². The first-order valence-electron chi connectivity index (χ1n) is 25.4. The maximum absolute atomic E-state index is 11.2. The molecular weight excluding hydrogens is 893 g/mol. The van der Waals surface area contributed by atoms with Crippen LogP contribution in [-0.4, -0.2) is 157 Å². The summed E-state index contributed by atoms with van der Waals surface area (Å²) in [7, 11) is 3.79. The molecule has 0 radical (unpaired) electrons. The fourth-order valence-electron chi connectivity index (χ4n) is 15.0. The lowest BCUT2D eigenvalue weighted by atomic mass is 9.70. The molecule has 8 N–H and O–H groups in total. The molecule has 4 saturated heterocycles. The number of hydrogen-bond donors (Lipinski definition) is 8. The highest BCUT2D eigenvalue weighted by atomic mass is 16.7. The Hall–Kier alpha value is -4.36. The van der Waals surface area contributed by atoms with Gasteiger partial charge in [-0.25, -0.2) is 0 Å². The van der Waals surface area contributed by atoms with Gasteiger partial charge in [0.15, 0.2) is 11.6 Å². The van der Waals surface area contributed by atoms with E-state index in [1.54, 1.807) is 0 Å². The Morgan fingerprint density at radius 3 is 1.41 bits per heavy atom. The summed E-state index contributed by atoms with van der Waals surface area (Å²) in [5.74, 6) is -2.83. The number of aliphatic hydroxyl groups is 8. The molecule has 1 aromatic heterocycles. The quantitative estimate of drug-likeness (QED) is 0.0696. The monoisotopic (exact) mass is 952 g/mol. The minimum Gasteiger partial charge on any atom is -0.394 e. The van der Waals surface area contributed by atoms with Gasteiger partial charge >= 0.3 is 0 Å². The van der Waals surface area contributed by atoms with Gasteiger partial charge in [0.2, 0.25) is 0 Å². The Bertz CT molecular complexity index is 3440. The second kappa shape index (κ2) is 14.7. The maximum Gasteiger partial charge on any atom is 0.197 e. The number of rotatable bonds is 10. The third-order valence-corrected chi connectivity index (χ3v) is 18.1. The zero-order valence-corrected chi connectivity index (χ0v) is 39.9. The summed E-state index contributed by atoms with van der Waals surface area (Å²) >= 11 is 0. The lowest BCUT2D eigenvalue weighted by Gasteiger charge is -2.58. The van der Waals surface area contributed by atoms with Crippen LogP contribution in [0.5, 0.6) is 0 Å². The summed E-state index contributed by atoms with van der Waals surface area (Å²) in [6.45, 7) is 4.86. The van der Waals surface area contributed by atoms with Crippen LogP contribution in [0, 0.1) is 0 Å². The molecule has 18 rings (SSSR count). The second-order valence-electron chi connectivity index (χ2n) is 21.7. The molecule has 14 nitrogen and oxygen atoms in total. The summed E-state index contributed by atoms with van der Waals surface area (Å²) in [4.78, 5) is 1.92. The molecule has 5 aliphatic heterocycles. The summed E-state index contributed by atoms with van der Waals surface area (Å²) in [6, 6.07) is 14.6. The molecule has 2 saturated carbocycles. The van der Waals surface area contributed by atoms with Crippen molar-refractivity contribution in [2.75, 3.05) is 47.1 Å². The van der Waals surface area contributed by atoms with Gasteiger partial charge < -0.3 is 69.3 Å². The van der Waals surface area contributed by atoms with Gasteiger partial charge in [0.1, 0.15) is 35.6 Å². The molecular formula is C56H60N2O12. The first-order chi connectivity index (χ1) is 33.7. The van der Waals surface area contributed by atoms with Crippen LogP contribution in [0.3, 0.4) is 0 Å². The van der Waals surface area contributed by atoms with Gasteiger partial charge in [-0.2, -0.15) is 0 Å². The zero-order chi connectivity index (χ0) is 48.3. The lowest BCUT2D eigenvalue weighted by Crippen LogP contribution is -2.74. The van der Waals surface area contributed by atoms with Gasteiger partial charge in [-0.15, -0.1) is 0 Å². The third kappa shape index (κ3) is 5.27. The van der Waals surface area contributed by atoms with E-state index >= 15 is 0 Å². The number of fused-ring (bicyclic) bond motifs is 6. The summed E-state index contributed by atoms with van der Waals surface area (Å²) in [5.41, 5.74) is 7.85. The fraction of sp³-hybridized carbons (Fsp3) is 0.500. The zero-order valence-electron chi connectivity index (χ0n) is 39.9. The Balaban J connectivity index is 0.000000186. The van der Waals surface area contributed by atoms with Gasteiger partial charge in [0.05, 0.1) is 49.7 Å². The minimum absolute atomic E-state index is 0.00536. The van der Waals surface area contributed by atoms with Crippen LogP contribution in [0.2, 0.25) is 0 Å². The molecule has 6 fully saturated rings. The smallest absolute Gasteiger partial charge is 0.197 e. The third-order valence-electron chi connectivity index (χ3n) is 18.1. The van der Waals surface area contributed by atoms with E-state index in [1.165, 1.54) is 120 Å². The molecule has 4 aliphatic carbocycles. The SMILES string of the molecule is CC.CN(C)CCOC12CC(O)C(O)(CC1O)C(CO)O2.OCC1OC2(OCCn3c4c5cc6c7c8c(cc9ccc%10cc%11c%12c%13c(cc(c3c%13c(c3c8c9c%10c%123)c74)CC5)C%11)C6)CC(O)C1(O)CC2O. The Morgan fingerprint density at radius 1 is 0.543 bits per heavy atom. The van der Waals surface area contributed by atoms with Crippen molar-refractivity contribution in [2.24, 2.45) is 0 Å². The van der Waals surface area contributed by atoms with Gasteiger partial charge in [0.25, 0.3) is 0 Å². The van der Waals surface area contributed by atoms with Gasteiger partial charge in [-0.05, 0) is 127 Å². The summed E-state index contributed by atoms with van der Waals surface area (Å²) in [5, 5.41) is 103. The predicted molar refractivity (Wildman–Crippen MR) is 266 cm³/mol. The van der Waals surface area contributed by atoms with Gasteiger partial charge in [-0.1, -0.05) is 50.2 Å². The predicted octanol–water partition coefficient (Wildman–Crippen LogP) is 4.65. The highest BCUT2D eigenvalue weighted by Crippen LogP contribution is 2.61. The molecule has 10 atom stereocenters. The van der Waals surface area contributed by atoms with Gasteiger partial charge in [-0.3, -0.25) is 0 Å². The van der Waals surface area contributed by atoms with Crippen molar-refractivity contribution in [1.82, 2.24) is 9.47 Å². The van der Waals surface area contributed by atoms with Crippen LogP contribution < -0.4 is 0 Å². The van der Waals surface area contributed by atoms with E-state index in [4.69, 9.17) is 18.9 Å². The number of aromatic nitrogens is 1. The molecule has 6 bridgehead atoms. The molecule has 366 valence electrons. The number of hydrogen-bond acceptors (Lipinski definition) is 13. The average molecular weight is 953 g/mol. The van der Waals surface area contributed by atoms with Crippen molar-refractivity contribution in [1.29, 1.82) is 0 Å². The van der Waals surface area contributed by atoms with E-state index in [2.05, 4.69) is 41.0 Å². The molecule has 70 heavy (non-hydrogen) atoms. The van der Waals surface area contributed by atoms with Crippen LogP contribution in [0.25, 0.3) is 86.4 Å². The molecule has 0 amide bonds. The number of pyridine rings is 1. The van der Waals surface area contributed by atoms with Crippen LogP contribution in [0.4, 0.5) is 0 Å². The number of aryl methyl sites for hydroxylation is 2. The molecule has 8 aromatic carbocycles. The van der Waals surface area contributed by atoms with E-state index in [0.717, 1.165) is 25.7 Å². The van der Waals surface area contributed by atoms with Crippen LogP contribution in [0.1, 0.15) is 72.9 Å². The second-order valence-corrected chi connectivity index (χ2v) is 21.7. The van der Waals surface area contributed by atoms with Crippen LogP contribution in [0.15, 0.2) is 36.4 Å². The van der Waals surface area contributed by atoms with Crippen molar-refractivity contribution in [3.05, 3.63) is 69.8 Å². The van der Waals surface area contributed by atoms with Crippen LogP contribution >= 0.6 is 0 Å². The Kier molecular flexibility index (Phi) is 9.29. The van der Waals surface area contributed by atoms with Crippen molar-refractivity contribution >= 4 is 86.4 Å². The first kappa shape index (κ1) is 44.3. The van der Waals surface area contributed by atoms with E-state index in [0.29, 0.717) is 19.7 Å². The summed E-state index contributed by atoms with van der Waals surface area (Å²) < 4.78 is 26.3. The van der Waals surface area contributed by atoms with Gasteiger partial charge in [0, 0.05) is 60.3 Å². The number of aliphatic hydroxyl groups excluding tert-OH is 6.